The summed E-state index contributed by atoms with van der Waals surface area (Å²) in [5.74, 6) is -0.592. The number of benzene rings is 2. The first kappa shape index (κ1) is 20.4. The molecular weight excluding hydrogens is 434 g/mol. The molecule has 2 aliphatic rings. The van der Waals surface area contributed by atoms with Gasteiger partial charge in [-0.2, -0.15) is 0 Å². The molecule has 2 aromatic carbocycles. The van der Waals surface area contributed by atoms with E-state index in [2.05, 4.69) is 0 Å². The molecule has 2 heterocycles. The molecule has 0 saturated carbocycles. The predicted molar refractivity (Wildman–Crippen MR) is 110 cm³/mol. The van der Waals surface area contributed by atoms with Crippen LogP contribution in [0.4, 0.5) is 5.69 Å². The van der Waals surface area contributed by atoms with Crippen molar-refractivity contribution >= 4 is 35.4 Å². The molecule has 7 nitrogen and oxygen atoms in total. The van der Waals surface area contributed by atoms with Gasteiger partial charge in [0.2, 0.25) is 0 Å². The van der Waals surface area contributed by atoms with Crippen LogP contribution >= 0.6 is 0 Å². The molecule has 0 aliphatic carbocycles. The molecule has 1 fully saturated rings. The summed E-state index contributed by atoms with van der Waals surface area (Å²) >= 11 is 0. The second-order valence-electron chi connectivity index (χ2n) is 7.35. The van der Waals surface area contributed by atoms with Gasteiger partial charge in [0.05, 0.1) is 32.2 Å². The number of hydrogen-bond donors (Lipinski definition) is 0. The molecule has 0 unspecified atom stereocenters. The van der Waals surface area contributed by atoms with Gasteiger partial charge in [-0.3, -0.25) is 4.31 Å². The van der Waals surface area contributed by atoms with Crippen molar-refractivity contribution in [3.8, 4) is 0 Å². The molecule has 29 heavy (non-hydrogen) atoms. The van der Waals surface area contributed by atoms with E-state index in [1.165, 1.54) is 22.5 Å². The van der Waals surface area contributed by atoms with Gasteiger partial charge in [0.15, 0.2) is 19.7 Å². The lowest BCUT2D eigenvalue weighted by molar-refractivity contribution is 0.581. The zero-order valence-corrected chi connectivity index (χ0v) is 18.0. The molecule has 0 amide bonds. The van der Waals surface area contributed by atoms with E-state index in [1.807, 2.05) is 12.1 Å². The van der Waals surface area contributed by atoms with Crippen LogP contribution in [0, 0.1) is 0 Å². The monoisotopic (exact) mass is 455 g/mol. The van der Waals surface area contributed by atoms with E-state index in [-0.39, 0.29) is 22.0 Å². The zero-order chi connectivity index (χ0) is 20.9. The van der Waals surface area contributed by atoms with E-state index in [4.69, 9.17) is 0 Å². The number of rotatable bonds is 4. The Hall–Kier alpha value is -1.91. The number of fused-ring (bicyclic) bond motifs is 1. The van der Waals surface area contributed by atoms with Crippen LogP contribution in [0.3, 0.4) is 0 Å². The van der Waals surface area contributed by atoms with E-state index >= 15 is 0 Å². The number of para-hydroxylation sites is 1. The molecule has 2 aliphatic heterocycles. The maximum Gasteiger partial charge on any atom is 0.264 e. The van der Waals surface area contributed by atoms with Gasteiger partial charge in [-0.1, -0.05) is 24.3 Å². The van der Waals surface area contributed by atoms with Crippen molar-refractivity contribution in [3.05, 3.63) is 54.1 Å². The Morgan fingerprint density at radius 2 is 1.66 bits per heavy atom. The number of hydrogen-bond acceptors (Lipinski definition) is 6. The van der Waals surface area contributed by atoms with Crippen LogP contribution < -0.4 is 4.31 Å². The van der Waals surface area contributed by atoms with Crippen molar-refractivity contribution in [1.29, 1.82) is 0 Å². The van der Waals surface area contributed by atoms with E-state index < -0.39 is 40.7 Å². The summed E-state index contributed by atoms with van der Waals surface area (Å²) in [6.07, 6.45) is 1.49. The fourth-order valence-electron chi connectivity index (χ4n) is 3.89. The number of aryl methyl sites for hydroxylation is 1. The average Bonchev–Trinajstić information content (AvgIpc) is 3.08. The zero-order valence-electron chi connectivity index (χ0n) is 15.6. The molecule has 156 valence electrons. The van der Waals surface area contributed by atoms with E-state index in [1.54, 1.807) is 12.1 Å². The second kappa shape index (κ2) is 7.10. The predicted octanol–water partition coefficient (Wildman–Crippen LogP) is 1.79. The summed E-state index contributed by atoms with van der Waals surface area (Å²) in [6, 6.07) is 12.5. The maximum absolute atomic E-state index is 13.3. The molecule has 0 N–H and O–H groups in total. The van der Waals surface area contributed by atoms with Gasteiger partial charge >= 0.3 is 0 Å². The van der Waals surface area contributed by atoms with E-state index in [0.717, 1.165) is 18.1 Å². The third-order valence-corrected chi connectivity index (χ3v) is 11.4. The molecule has 10 heteroatoms. The van der Waals surface area contributed by atoms with Gasteiger partial charge < -0.3 is 0 Å². The summed E-state index contributed by atoms with van der Waals surface area (Å²) in [5, 5.41) is -1.04. The van der Waals surface area contributed by atoms with Crippen molar-refractivity contribution in [2.75, 3.05) is 22.4 Å². The third kappa shape index (κ3) is 3.69. The third-order valence-electron chi connectivity index (χ3n) is 5.42. The minimum absolute atomic E-state index is 0.0289. The standard InChI is InChI=1S/C19H21NO6S3/c21-27(22)12-10-18(14-27)28(23,24)16-7-3-8-17(13-16)29(25,26)20-11-4-6-15-5-1-2-9-19(15)20/h1-3,5,7-9,13,18H,4,6,10-12,14H2/t18-/m0/s1. The first-order valence-corrected chi connectivity index (χ1v) is 14.1. The highest BCUT2D eigenvalue weighted by molar-refractivity contribution is 7.96. The molecule has 1 saturated heterocycles. The fourth-order valence-corrected chi connectivity index (χ4v) is 9.95. The van der Waals surface area contributed by atoms with Crippen LogP contribution in [-0.2, 0) is 36.1 Å². The second-order valence-corrected chi connectivity index (χ2v) is 13.7. The molecular formula is C19H21NO6S3. The average molecular weight is 456 g/mol. The van der Waals surface area contributed by atoms with Crippen molar-refractivity contribution in [1.82, 2.24) is 0 Å². The summed E-state index contributed by atoms with van der Waals surface area (Å²) in [6.45, 7) is 0.317. The Balaban J connectivity index is 1.73. The highest BCUT2D eigenvalue weighted by atomic mass is 32.2. The van der Waals surface area contributed by atoms with Gasteiger partial charge in [0.25, 0.3) is 10.0 Å². The highest BCUT2D eigenvalue weighted by Gasteiger charge is 2.38. The maximum atomic E-state index is 13.3. The first-order chi connectivity index (χ1) is 13.6. The summed E-state index contributed by atoms with van der Waals surface area (Å²) < 4.78 is 77.1. The SMILES string of the molecule is O=S1(=O)CC[C@H](S(=O)(=O)c2cccc(S(=O)(=O)N3CCCc4ccccc43)c2)C1. The van der Waals surface area contributed by atoms with Crippen molar-refractivity contribution < 1.29 is 25.3 Å². The molecule has 0 bridgehead atoms. The van der Waals surface area contributed by atoms with E-state index in [0.29, 0.717) is 18.7 Å². The molecule has 4 rings (SSSR count). The smallest absolute Gasteiger partial charge is 0.264 e. The summed E-state index contributed by atoms with van der Waals surface area (Å²) in [4.78, 5) is -0.276. The van der Waals surface area contributed by atoms with Crippen molar-refractivity contribution in [2.24, 2.45) is 0 Å². The Labute approximate surface area is 171 Å². The van der Waals surface area contributed by atoms with Crippen LogP contribution in [-0.4, -0.2) is 48.6 Å². The van der Waals surface area contributed by atoms with Crippen LogP contribution in [0.15, 0.2) is 58.3 Å². The van der Waals surface area contributed by atoms with Crippen LogP contribution in [0.1, 0.15) is 18.4 Å². The van der Waals surface area contributed by atoms with Gasteiger partial charge in [0.1, 0.15) is 0 Å². The van der Waals surface area contributed by atoms with Crippen LogP contribution in [0.2, 0.25) is 0 Å². The molecule has 0 radical (unpaired) electrons. The largest absolute Gasteiger partial charge is 0.266 e. The Morgan fingerprint density at radius 1 is 0.931 bits per heavy atom. The number of sulfonamides is 1. The molecule has 0 spiro atoms. The quantitative estimate of drug-likeness (QED) is 0.696. The lowest BCUT2D eigenvalue weighted by Gasteiger charge is -2.30. The minimum Gasteiger partial charge on any atom is -0.266 e. The lowest BCUT2D eigenvalue weighted by atomic mass is 10.0. The molecule has 0 aromatic heterocycles. The molecule has 1 atom stereocenters. The minimum atomic E-state index is -3.95. The van der Waals surface area contributed by atoms with E-state index in [9.17, 15) is 25.3 Å². The Bertz CT molecular complexity index is 1270. The highest BCUT2D eigenvalue weighted by Crippen LogP contribution is 2.33. The normalized spacial score (nSPS) is 21.7. The first-order valence-electron chi connectivity index (χ1n) is 9.26. The topological polar surface area (TPSA) is 106 Å². The van der Waals surface area contributed by atoms with Gasteiger partial charge in [-0.05, 0) is 49.1 Å². The van der Waals surface area contributed by atoms with Gasteiger partial charge in [-0.15, -0.1) is 0 Å². The molecule has 2 aromatic rings. The number of nitrogens with zero attached hydrogens (tertiary/aromatic N) is 1. The lowest BCUT2D eigenvalue weighted by Crippen LogP contribution is -2.35. The Morgan fingerprint density at radius 3 is 2.38 bits per heavy atom. The summed E-state index contributed by atoms with van der Waals surface area (Å²) in [5.41, 5.74) is 1.54. The van der Waals surface area contributed by atoms with Gasteiger partial charge in [0, 0.05) is 6.54 Å². The number of anilines is 1. The van der Waals surface area contributed by atoms with Crippen LogP contribution in [0.5, 0.6) is 0 Å². The Kier molecular flexibility index (Phi) is 4.99. The van der Waals surface area contributed by atoms with Gasteiger partial charge in [-0.25, -0.2) is 25.3 Å². The van der Waals surface area contributed by atoms with Crippen LogP contribution in [0.25, 0.3) is 0 Å². The number of sulfone groups is 2. The fraction of sp³-hybridized carbons (Fsp3) is 0.368. The van der Waals surface area contributed by atoms with Crippen molar-refractivity contribution in [2.45, 2.75) is 34.3 Å². The van der Waals surface area contributed by atoms with Crippen molar-refractivity contribution in [3.63, 3.8) is 0 Å². The summed E-state index contributed by atoms with van der Waals surface area (Å²) in [7, 11) is -11.3.